The fraction of sp³-hybridized carbons (Fsp3) is 0.556. The van der Waals surface area contributed by atoms with E-state index in [4.69, 9.17) is 19.3 Å². The topological polar surface area (TPSA) is 119 Å². The molecule has 2 N–H and O–H groups in total. The second-order valence-corrected chi connectivity index (χ2v) is 14.1. The van der Waals surface area contributed by atoms with Crippen LogP contribution in [0.25, 0.3) is 0 Å². The quantitative estimate of drug-likeness (QED) is 0.0283. The number of carbonyl (C=O) groups is 2. The number of rotatable bonds is 35. The highest BCUT2D eigenvalue weighted by atomic mass is 31.2. The monoisotopic (exact) mass is 770 g/mol. The smallest absolute Gasteiger partial charge is 0.462 e. The Balaban J connectivity index is 4.16. The number of esters is 2. The van der Waals surface area contributed by atoms with Gasteiger partial charge in [0.2, 0.25) is 0 Å². The van der Waals surface area contributed by atoms with Gasteiger partial charge in [0.25, 0.3) is 0 Å². The zero-order valence-electron chi connectivity index (χ0n) is 33.3. The van der Waals surface area contributed by atoms with Crippen molar-refractivity contribution >= 4 is 19.8 Å². The summed E-state index contributed by atoms with van der Waals surface area (Å²) in [5.41, 5.74) is 0. The lowest BCUT2D eigenvalue weighted by atomic mass is 10.1. The van der Waals surface area contributed by atoms with Gasteiger partial charge in [-0.05, 0) is 89.9 Å². The number of phosphoric acid groups is 1. The largest absolute Gasteiger partial charge is 0.469 e. The summed E-state index contributed by atoms with van der Waals surface area (Å²) in [6.45, 7) is 3.47. The van der Waals surface area contributed by atoms with Crippen LogP contribution in [-0.2, 0) is 28.2 Å². The Morgan fingerprint density at radius 3 is 1.35 bits per heavy atom. The Hall–Kier alpha value is -3.29. The van der Waals surface area contributed by atoms with E-state index in [9.17, 15) is 14.2 Å². The van der Waals surface area contributed by atoms with Gasteiger partial charge in [0, 0.05) is 12.8 Å². The molecule has 0 spiro atoms. The third-order valence-corrected chi connectivity index (χ3v) is 8.24. The molecule has 0 aliphatic heterocycles. The highest BCUT2D eigenvalue weighted by molar-refractivity contribution is 7.46. The van der Waals surface area contributed by atoms with Crippen LogP contribution in [-0.4, -0.2) is 41.0 Å². The lowest BCUT2D eigenvalue weighted by Crippen LogP contribution is -2.29. The van der Waals surface area contributed by atoms with Gasteiger partial charge >= 0.3 is 19.8 Å². The highest BCUT2D eigenvalue weighted by Gasteiger charge is 2.22. The Labute approximate surface area is 327 Å². The third-order valence-electron chi connectivity index (χ3n) is 7.76. The van der Waals surface area contributed by atoms with Gasteiger partial charge in [-0.25, -0.2) is 4.57 Å². The summed E-state index contributed by atoms with van der Waals surface area (Å²) in [7, 11) is -4.79. The van der Waals surface area contributed by atoms with Crippen molar-refractivity contribution in [3.8, 4) is 0 Å². The number of hydrogen-bond donors (Lipinski definition) is 2. The molecule has 0 heterocycles. The minimum absolute atomic E-state index is 0.129. The molecule has 0 saturated carbocycles. The van der Waals surface area contributed by atoms with E-state index in [0.717, 1.165) is 70.6 Å². The molecule has 0 radical (unpaired) electrons. The van der Waals surface area contributed by atoms with Crippen LogP contribution in [0.4, 0.5) is 0 Å². The van der Waals surface area contributed by atoms with Crippen molar-refractivity contribution in [3.63, 3.8) is 0 Å². The van der Waals surface area contributed by atoms with Crippen molar-refractivity contribution in [3.05, 3.63) is 109 Å². The predicted molar refractivity (Wildman–Crippen MR) is 225 cm³/mol. The fourth-order valence-electron chi connectivity index (χ4n) is 4.76. The number of ether oxygens (including phenoxy) is 2. The number of carbonyl (C=O) groups excluding carboxylic acids is 2. The van der Waals surface area contributed by atoms with E-state index < -0.39 is 32.5 Å². The summed E-state index contributed by atoms with van der Waals surface area (Å²) in [5.74, 6) is -1.03. The van der Waals surface area contributed by atoms with E-state index in [1.54, 1.807) is 0 Å². The van der Waals surface area contributed by atoms with Crippen molar-refractivity contribution in [2.45, 2.75) is 148 Å². The fourth-order valence-corrected chi connectivity index (χ4v) is 5.12. The average molecular weight is 771 g/mol. The first-order valence-electron chi connectivity index (χ1n) is 20.2. The lowest BCUT2D eigenvalue weighted by molar-refractivity contribution is -0.161. The highest BCUT2D eigenvalue weighted by Crippen LogP contribution is 2.35. The molecule has 9 heteroatoms. The zero-order chi connectivity index (χ0) is 39.6. The molecule has 1 atom stereocenters. The average Bonchev–Trinajstić information content (AvgIpc) is 3.14. The summed E-state index contributed by atoms with van der Waals surface area (Å²) in [6, 6.07) is 0. The van der Waals surface area contributed by atoms with Crippen LogP contribution in [0.5, 0.6) is 0 Å². The SMILES string of the molecule is CCC/C=C/C/C=C/C/C=C/C/C=C/CCCCCC(=O)O[C@H](COC(=O)CC/C=C/C/C=C/C/C=C/C/C=C/C/C=C/CCCCC)COP(=O)(O)O. The maximum absolute atomic E-state index is 12.4. The number of hydrogen-bond acceptors (Lipinski definition) is 6. The van der Waals surface area contributed by atoms with Crippen LogP contribution in [0, 0.1) is 0 Å². The molecule has 0 amide bonds. The van der Waals surface area contributed by atoms with Crippen LogP contribution >= 0.6 is 7.82 Å². The summed E-state index contributed by atoms with van der Waals surface area (Å²) >= 11 is 0. The van der Waals surface area contributed by atoms with Gasteiger partial charge in [0.1, 0.15) is 6.61 Å². The van der Waals surface area contributed by atoms with Gasteiger partial charge in [-0.2, -0.15) is 0 Å². The van der Waals surface area contributed by atoms with E-state index in [0.29, 0.717) is 12.8 Å². The van der Waals surface area contributed by atoms with E-state index in [-0.39, 0.29) is 19.4 Å². The molecule has 0 aromatic heterocycles. The molecule has 0 fully saturated rings. The van der Waals surface area contributed by atoms with Crippen LogP contribution in [0.3, 0.4) is 0 Å². The van der Waals surface area contributed by atoms with Crippen LogP contribution in [0.15, 0.2) is 109 Å². The molecule has 0 bridgehead atoms. The normalized spacial score (nSPS) is 13.6. The van der Waals surface area contributed by atoms with Crippen molar-refractivity contribution in [1.82, 2.24) is 0 Å². The van der Waals surface area contributed by atoms with Gasteiger partial charge in [0.15, 0.2) is 6.10 Å². The molecule has 0 rings (SSSR count). The number of allylic oxidation sites excluding steroid dienone is 18. The second kappa shape index (κ2) is 39.4. The van der Waals surface area contributed by atoms with Crippen LogP contribution in [0.1, 0.15) is 142 Å². The van der Waals surface area contributed by atoms with E-state index in [2.05, 4.69) is 116 Å². The molecule has 54 heavy (non-hydrogen) atoms. The van der Waals surface area contributed by atoms with Gasteiger partial charge in [-0.1, -0.05) is 149 Å². The van der Waals surface area contributed by atoms with E-state index >= 15 is 0 Å². The molecule has 0 unspecified atom stereocenters. The second-order valence-electron chi connectivity index (χ2n) is 12.9. The third kappa shape index (κ3) is 41.5. The maximum atomic E-state index is 12.4. The summed E-state index contributed by atoms with van der Waals surface area (Å²) in [5, 5.41) is 0. The number of unbranched alkanes of at least 4 members (excludes halogenated alkanes) is 7. The Kier molecular flexibility index (Phi) is 37.0. The van der Waals surface area contributed by atoms with E-state index in [1.807, 2.05) is 12.2 Å². The molecule has 8 nitrogen and oxygen atoms in total. The van der Waals surface area contributed by atoms with Crippen molar-refractivity contribution in [2.75, 3.05) is 13.2 Å². The molecule has 0 saturated heterocycles. The van der Waals surface area contributed by atoms with Crippen molar-refractivity contribution < 1.29 is 37.9 Å². The lowest BCUT2D eigenvalue weighted by Gasteiger charge is -2.18. The predicted octanol–water partition coefficient (Wildman–Crippen LogP) is 12.4. The summed E-state index contributed by atoms with van der Waals surface area (Å²) in [6.07, 6.45) is 55.3. The van der Waals surface area contributed by atoms with Crippen molar-refractivity contribution in [2.24, 2.45) is 0 Å². The number of phosphoric ester groups is 1. The Morgan fingerprint density at radius 2 is 0.907 bits per heavy atom. The molecule has 0 aromatic carbocycles. The maximum Gasteiger partial charge on any atom is 0.469 e. The minimum atomic E-state index is -4.79. The molecule has 0 aromatic rings. The van der Waals surface area contributed by atoms with Gasteiger partial charge in [-0.15, -0.1) is 0 Å². The Bertz CT molecular complexity index is 1230. The molecule has 0 aliphatic carbocycles. The van der Waals surface area contributed by atoms with E-state index in [1.165, 1.54) is 32.1 Å². The summed E-state index contributed by atoms with van der Waals surface area (Å²) in [4.78, 5) is 42.8. The molecular weight excluding hydrogens is 699 g/mol. The Morgan fingerprint density at radius 1 is 0.481 bits per heavy atom. The first-order chi connectivity index (χ1) is 26.3. The molecular formula is C45H71O8P. The van der Waals surface area contributed by atoms with Gasteiger partial charge in [-0.3, -0.25) is 14.1 Å². The first kappa shape index (κ1) is 50.7. The summed E-state index contributed by atoms with van der Waals surface area (Å²) < 4.78 is 26.3. The van der Waals surface area contributed by atoms with Crippen LogP contribution < -0.4 is 0 Å². The molecule has 304 valence electrons. The zero-order valence-corrected chi connectivity index (χ0v) is 34.2. The standard InChI is InChI=1S/C45H71O8P/c1-3-5-7-9-11-13-15-17-19-21-22-24-25-27-29-31-33-35-37-39-44(46)51-41-43(42-52-54(48,49)50)53-45(47)40-38-36-34-32-30-28-26-23-20-18-16-14-12-10-8-6-4-2/h8,10-11,13-14,16-17,19-20,22-24,27-30,33,35,43H,3-7,9,12,15,18,21,25-26,31-32,34,36-42H2,1-2H3,(H2,48,49,50)/b10-8+,13-11+,16-14+,19-17+,23-20+,24-22+,29-27+,30-28+,35-33+/t43-/m1/s1. The van der Waals surface area contributed by atoms with Crippen LogP contribution in [0.2, 0.25) is 0 Å². The van der Waals surface area contributed by atoms with Crippen molar-refractivity contribution in [1.29, 1.82) is 0 Å². The van der Waals surface area contributed by atoms with Gasteiger partial charge in [0.05, 0.1) is 6.61 Å². The minimum Gasteiger partial charge on any atom is -0.462 e. The van der Waals surface area contributed by atoms with Gasteiger partial charge < -0.3 is 19.3 Å². The molecule has 0 aliphatic rings. The first-order valence-corrected chi connectivity index (χ1v) is 21.7.